The second-order valence-electron chi connectivity index (χ2n) is 4.59. The maximum Gasteiger partial charge on any atom is 0.0447 e. The second-order valence-corrected chi connectivity index (χ2v) is 5.00. The van der Waals surface area contributed by atoms with Crippen LogP contribution in [0.1, 0.15) is 30.4 Å². The standard InChI is InChI=1S/C12H14ClN/c13-9-4-1-3-8-7-10(14)12(11(8)9)5-2-6-12/h1,3-4,10H,2,5-7,14H2. The van der Waals surface area contributed by atoms with Gasteiger partial charge in [-0.05, 0) is 36.5 Å². The Morgan fingerprint density at radius 1 is 1.36 bits per heavy atom. The molecule has 14 heavy (non-hydrogen) atoms. The quantitative estimate of drug-likeness (QED) is 0.696. The van der Waals surface area contributed by atoms with Crippen LogP contribution in [0.2, 0.25) is 5.02 Å². The van der Waals surface area contributed by atoms with Crippen molar-refractivity contribution in [2.75, 3.05) is 0 Å². The summed E-state index contributed by atoms with van der Waals surface area (Å²) in [6, 6.07) is 6.50. The average molecular weight is 208 g/mol. The van der Waals surface area contributed by atoms with Crippen LogP contribution in [0.3, 0.4) is 0 Å². The Labute approximate surface area is 89.3 Å². The molecule has 0 saturated heterocycles. The third kappa shape index (κ3) is 0.896. The number of rotatable bonds is 0. The first-order valence-corrected chi connectivity index (χ1v) is 5.65. The molecule has 2 aliphatic carbocycles. The first kappa shape index (κ1) is 8.75. The Kier molecular flexibility index (Phi) is 1.71. The molecule has 74 valence electrons. The zero-order valence-corrected chi connectivity index (χ0v) is 8.85. The van der Waals surface area contributed by atoms with E-state index in [0.29, 0.717) is 6.04 Å². The summed E-state index contributed by atoms with van der Waals surface area (Å²) < 4.78 is 0. The molecule has 1 nitrogen and oxygen atoms in total. The van der Waals surface area contributed by atoms with E-state index in [1.54, 1.807) is 0 Å². The normalized spacial score (nSPS) is 27.4. The van der Waals surface area contributed by atoms with Gasteiger partial charge in [0, 0.05) is 16.5 Å². The van der Waals surface area contributed by atoms with Gasteiger partial charge in [0.2, 0.25) is 0 Å². The average Bonchev–Trinajstić information content (AvgIpc) is 2.37. The van der Waals surface area contributed by atoms with E-state index in [1.165, 1.54) is 30.4 Å². The third-order valence-corrected chi connectivity index (χ3v) is 4.31. The first-order chi connectivity index (χ1) is 6.74. The Morgan fingerprint density at radius 3 is 2.79 bits per heavy atom. The Bertz CT molecular complexity index is 382. The number of halogens is 1. The van der Waals surface area contributed by atoms with E-state index in [9.17, 15) is 0 Å². The van der Waals surface area contributed by atoms with Crippen LogP contribution in [0.4, 0.5) is 0 Å². The van der Waals surface area contributed by atoms with Gasteiger partial charge in [-0.3, -0.25) is 0 Å². The zero-order chi connectivity index (χ0) is 9.76. The summed E-state index contributed by atoms with van der Waals surface area (Å²) in [6.07, 6.45) is 4.77. The van der Waals surface area contributed by atoms with Gasteiger partial charge in [-0.15, -0.1) is 0 Å². The van der Waals surface area contributed by atoms with Gasteiger partial charge in [0.05, 0.1) is 0 Å². The molecule has 0 aliphatic heterocycles. The maximum atomic E-state index is 6.28. The number of fused-ring (bicyclic) bond motifs is 2. The minimum atomic E-state index is 0.244. The molecule has 2 aliphatic rings. The highest BCUT2D eigenvalue weighted by atomic mass is 35.5. The summed E-state index contributed by atoms with van der Waals surface area (Å²) >= 11 is 6.28. The Hall–Kier alpha value is -0.530. The van der Waals surface area contributed by atoms with Crippen molar-refractivity contribution in [1.29, 1.82) is 0 Å². The van der Waals surface area contributed by atoms with Crippen molar-refractivity contribution in [3.05, 3.63) is 34.3 Å². The molecule has 0 heterocycles. The molecule has 1 aromatic rings. The van der Waals surface area contributed by atoms with Crippen LogP contribution in [-0.4, -0.2) is 6.04 Å². The number of hydrogen-bond acceptors (Lipinski definition) is 1. The van der Waals surface area contributed by atoms with Gasteiger partial charge < -0.3 is 5.73 Å². The highest BCUT2D eigenvalue weighted by molar-refractivity contribution is 6.31. The highest BCUT2D eigenvalue weighted by Crippen LogP contribution is 2.53. The Balaban J connectivity index is 2.20. The molecular weight excluding hydrogens is 194 g/mol. The molecule has 1 fully saturated rings. The van der Waals surface area contributed by atoms with Crippen LogP contribution in [-0.2, 0) is 11.8 Å². The van der Waals surface area contributed by atoms with Crippen molar-refractivity contribution in [2.45, 2.75) is 37.1 Å². The van der Waals surface area contributed by atoms with Crippen molar-refractivity contribution in [3.63, 3.8) is 0 Å². The summed E-state index contributed by atoms with van der Waals surface area (Å²) in [6.45, 7) is 0. The second kappa shape index (κ2) is 2.74. The third-order valence-electron chi connectivity index (χ3n) is 3.99. The first-order valence-electron chi connectivity index (χ1n) is 5.27. The van der Waals surface area contributed by atoms with E-state index in [4.69, 9.17) is 17.3 Å². The molecular formula is C12H14ClN. The van der Waals surface area contributed by atoms with Crippen LogP contribution in [0.5, 0.6) is 0 Å². The highest BCUT2D eigenvalue weighted by Gasteiger charge is 2.50. The van der Waals surface area contributed by atoms with Crippen LogP contribution in [0.15, 0.2) is 18.2 Å². The van der Waals surface area contributed by atoms with Crippen molar-refractivity contribution < 1.29 is 0 Å². The number of hydrogen-bond donors (Lipinski definition) is 1. The van der Waals surface area contributed by atoms with E-state index in [0.717, 1.165) is 11.4 Å². The van der Waals surface area contributed by atoms with Gasteiger partial charge in [0.25, 0.3) is 0 Å². The number of nitrogens with two attached hydrogens (primary N) is 1. The summed E-state index contributed by atoms with van der Waals surface area (Å²) in [5.41, 5.74) is 9.22. The summed E-state index contributed by atoms with van der Waals surface area (Å²) in [4.78, 5) is 0. The summed E-state index contributed by atoms with van der Waals surface area (Å²) in [5, 5.41) is 0.926. The molecule has 2 heteroatoms. The lowest BCUT2D eigenvalue weighted by atomic mass is 9.63. The van der Waals surface area contributed by atoms with Crippen molar-refractivity contribution in [1.82, 2.24) is 0 Å². The molecule has 1 atom stereocenters. The van der Waals surface area contributed by atoms with E-state index in [1.807, 2.05) is 12.1 Å². The van der Waals surface area contributed by atoms with Gasteiger partial charge in [-0.1, -0.05) is 30.2 Å². The SMILES string of the molecule is NC1Cc2cccc(Cl)c2C12CCC2. The molecule has 1 unspecified atom stereocenters. The minimum absolute atomic E-state index is 0.244. The fourth-order valence-electron chi connectivity index (χ4n) is 3.09. The van der Waals surface area contributed by atoms with Crippen molar-refractivity contribution in [2.24, 2.45) is 5.73 Å². The molecule has 1 saturated carbocycles. The van der Waals surface area contributed by atoms with Crippen molar-refractivity contribution in [3.8, 4) is 0 Å². The smallest absolute Gasteiger partial charge is 0.0447 e. The van der Waals surface area contributed by atoms with Gasteiger partial charge in [-0.25, -0.2) is 0 Å². The fourth-order valence-corrected chi connectivity index (χ4v) is 3.47. The number of benzene rings is 1. The van der Waals surface area contributed by atoms with Gasteiger partial charge >= 0.3 is 0 Å². The molecule has 1 aromatic carbocycles. The molecule has 1 spiro atoms. The summed E-state index contributed by atoms with van der Waals surface area (Å²) in [5.74, 6) is 0. The van der Waals surface area contributed by atoms with Gasteiger partial charge in [-0.2, -0.15) is 0 Å². The Morgan fingerprint density at radius 2 is 2.14 bits per heavy atom. The topological polar surface area (TPSA) is 26.0 Å². The maximum absolute atomic E-state index is 6.28. The summed E-state index contributed by atoms with van der Waals surface area (Å²) in [7, 11) is 0. The van der Waals surface area contributed by atoms with Crippen LogP contribution in [0, 0.1) is 0 Å². The lowest BCUT2D eigenvalue weighted by molar-refractivity contribution is 0.213. The van der Waals surface area contributed by atoms with Crippen LogP contribution < -0.4 is 5.73 Å². The lowest BCUT2D eigenvalue weighted by Gasteiger charge is -2.43. The van der Waals surface area contributed by atoms with Crippen LogP contribution >= 0.6 is 11.6 Å². The van der Waals surface area contributed by atoms with Gasteiger partial charge in [0.15, 0.2) is 0 Å². The lowest BCUT2D eigenvalue weighted by Crippen LogP contribution is -2.47. The van der Waals surface area contributed by atoms with Crippen LogP contribution in [0.25, 0.3) is 0 Å². The van der Waals surface area contributed by atoms with E-state index >= 15 is 0 Å². The largest absolute Gasteiger partial charge is 0.327 e. The molecule has 0 bridgehead atoms. The molecule has 2 N–H and O–H groups in total. The van der Waals surface area contributed by atoms with E-state index in [2.05, 4.69) is 6.07 Å². The van der Waals surface area contributed by atoms with E-state index < -0.39 is 0 Å². The monoisotopic (exact) mass is 207 g/mol. The predicted octanol–water partition coefficient (Wildman–Crippen LogP) is 2.65. The fraction of sp³-hybridized carbons (Fsp3) is 0.500. The molecule has 0 radical (unpaired) electrons. The van der Waals surface area contributed by atoms with Crippen molar-refractivity contribution >= 4 is 11.6 Å². The zero-order valence-electron chi connectivity index (χ0n) is 8.09. The molecule has 0 amide bonds. The minimum Gasteiger partial charge on any atom is -0.327 e. The van der Waals surface area contributed by atoms with E-state index in [-0.39, 0.29) is 5.41 Å². The predicted molar refractivity (Wildman–Crippen MR) is 58.7 cm³/mol. The van der Waals surface area contributed by atoms with Gasteiger partial charge in [0.1, 0.15) is 0 Å². The molecule has 3 rings (SSSR count). The molecule has 0 aromatic heterocycles.